The van der Waals surface area contributed by atoms with Crippen LogP contribution >= 0.6 is 0 Å². The molecule has 3 heterocycles. The van der Waals surface area contributed by atoms with Gasteiger partial charge in [-0.05, 0) is 153 Å². The minimum Gasteiger partial charge on any atom is -0.373 e. The number of halogens is 12. The number of nitrogens with one attached hydrogen (secondary N) is 5. The van der Waals surface area contributed by atoms with E-state index in [1.807, 2.05) is 88.4 Å². The Hall–Kier alpha value is -5.55. The van der Waals surface area contributed by atoms with Gasteiger partial charge in [-0.25, -0.2) is 0 Å². The second kappa shape index (κ2) is 22.5. The molecule has 1 saturated carbocycles. The third kappa shape index (κ3) is 14.6. The van der Waals surface area contributed by atoms with E-state index < -0.39 is 92.5 Å². The first-order chi connectivity index (χ1) is 35.8. The number of benzene rings is 4. The molecule has 428 valence electrons. The molecular formula is C56H65F12N5O5. The van der Waals surface area contributed by atoms with Crippen molar-refractivity contribution in [3.8, 4) is 0 Å². The van der Waals surface area contributed by atoms with E-state index in [1.165, 1.54) is 27.7 Å². The monoisotopic (exact) mass is 1120 g/mol. The van der Waals surface area contributed by atoms with Gasteiger partial charge in [0.15, 0.2) is 0 Å². The molecule has 10 nitrogen and oxygen atoms in total. The predicted octanol–water partition coefficient (Wildman–Crippen LogP) is 12.4. The number of hydrogen-bond acceptors (Lipinski definition) is 8. The van der Waals surface area contributed by atoms with Gasteiger partial charge in [0.25, 0.3) is 0 Å². The zero-order chi connectivity index (χ0) is 58.1. The van der Waals surface area contributed by atoms with Gasteiger partial charge in [0.2, 0.25) is 11.8 Å². The maximum atomic E-state index is 13.3. The molecule has 4 atom stereocenters. The first-order valence-corrected chi connectivity index (χ1v) is 25.2. The Kier molecular flexibility index (Phi) is 17.8. The highest BCUT2D eigenvalue weighted by Gasteiger charge is 2.56. The lowest BCUT2D eigenvalue weighted by atomic mass is 9.64. The number of ketones is 1. The van der Waals surface area contributed by atoms with Gasteiger partial charge in [-0.2, -0.15) is 52.7 Å². The van der Waals surface area contributed by atoms with Crippen LogP contribution in [-0.4, -0.2) is 59.8 Å². The van der Waals surface area contributed by atoms with Crippen molar-refractivity contribution in [2.45, 2.75) is 164 Å². The van der Waals surface area contributed by atoms with Crippen LogP contribution in [0, 0.1) is 0 Å². The Balaban J connectivity index is 0.000000236. The summed E-state index contributed by atoms with van der Waals surface area (Å²) in [4.78, 5) is 35.0. The number of hydrogen-bond donors (Lipinski definition) is 5. The largest absolute Gasteiger partial charge is 0.416 e. The standard InChI is InChI=1S/C27H30F6N2O2.C26H29F6N3O2.C3H6O/c1-17(18-13-20(26(28,29)30)15-21(14-18)27(31,32)33)37-16-24(19-7-5-4-6-8-19)9-11-25(12-10-24)22(36)34-23(2,3)35-25;1-16(17-11-19(25(27,28)29)13-20(12-17)26(30,31)32)37-15-24(18-7-5-4-6-8-18)10-9-23(14-33-24)21(36)34-22(2,3)35-23;1-3(2)4/h4-8,13-15,17,35H,9-12,16H2,1-3H3,(H,34,36);4-8,11-13,16,33,35H,9-10,14-15H2,1-3H3,(H,34,36);1-2H3/t17-,24?,25?;16-,23+,24-;/m11./s1. The molecule has 2 spiro atoms. The number of carbonyl (C=O) groups excluding carboxylic acids is 3. The van der Waals surface area contributed by atoms with Crippen molar-refractivity contribution in [2.75, 3.05) is 19.8 Å². The van der Waals surface area contributed by atoms with Crippen LogP contribution in [0.3, 0.4) is 0 Å². The van der Waals surface area contributed by atoms with Gasteiger partial charge < -0.3 is 30.2 Å². The predicted molar refractivity (Wildman–Crippen MR) is 266 cm³/mol. The molecule has 3 saturated heterocycles. The van der Waals surface area contributed by atoms with Gasteiger partial charge in [-0.3, -0.25) is 20.2 Å². The van der Waals surface area contributed by atoms with Gasteiger partial charge in [0, 0.05) is 12.0 Å². The lowest BCUT2D eigenvalue weighted by Gasteiger charge is -2.45. The normalized spacial score (nSPS) is 25.7. The summed E-state index contributed by atoms with van der Waals surface area (Å²) in [5.41, 5.74) is -8.19. The van der Waals surface area contributed by atoms with Gasteiger partial charge >= 0.3 is 24.7 Å². The molecule has 1 aliphatic carbocycles. The summed E-state index contributed by atoms with van der Waals surface area (Å²) in [7, 11) is 0. The summed E-state index contributed by atoms with van der Waals surface area (Å²) in [5.74, 6) is -0.0401. The number of amides is 2. The lowest BCUT2D eigenvalue weighted by Crippen LogP contribution is -2.65. The quantitative estimate of drug-likeness (QED) is 0.0993. The minimum absolute atomic E-state index is 0.0309. The molecule has 0 unspecified atom stereocenters. The molecule has 0 aromatic heterocycles. The van der Waals surface area contributed by atoms with Crippen LogP contribution in [0.2, 0.25) is 0 Å². The number of carbonyl (C=O) groups is 3. The fourth-order valence-electron chi connectivity index (χ4n) is 10.6. The Morgan fingerprint density at radius 3 is 1.19 bits per heavy atom. The summed E-state index contributed by atoms with van der Waals surface area (Å²) < 4.78 is 172. The highest BCUT2D eigenvalue weighted by atomic mass is 19.4. The Labute approximate surface area is 445 Å². The second-order valence-corrected chi connectivity index (χ2v) is 22.0. The van der Waals surface area contributed by atoms with Gasteiger partial charge in [0.1, 0.15) is 11.3 Å². The minimum atomic E-state index is -4.94. The highest BCUT2D eigenvalue weighted by molar-refractivity contribution is 5.90. The van der Waals surface area contributed by atoms with Crippen LogP contribution in [0.1, 0.15) is 151 Å². The van der Waals surface area contributed by atoms with E-state index in [1.54, 1.807) is 0 Å². The average molecular weight is 1120 g/mol. The Morgan fingerprint density at radius 1 is 0.513 bits per heavy atom. The Morgan fingerprint density at radius 2 is 0.859 bits per heavy atom. The molecule has 8 rings (SSSR count). The molecule has 5 N–H and O–H groups in total. The summed E-state index contributed by atoms with van der Waals surface area (Å²) >= 11 is 0. The van der Waals surface area contributed by atoms with Crippen LogP contribution in [-0.2, 0) is 59.5 Å². The average Bonchev–Trinajstić information content (AvgIpc) is 3.79. The molecule has 4 aromatic rings. The number of rotatable bonds is 10. The maximum Gasteiger partial charge on any atom is 0.416 e. The van der Waals surface area contributed by atoms with Crippen LogP contribution < -0.4 is 26.6 Å². The van der Waals surface area contributed by atoms with Gasteiger partial charge in [0.05, 0.1) is 70.1 Å². The molecule has 0 bridgehead atoms. The van der Waals surface area contributed by atoms with Crippen molar-refractivity contribution in [3.63, 3.8) is 0 Å². The summed E-state index contributed by atoms with van der Waals surface area (Å²) in [6.07, 6.45) is -18.8. The molecular weight excluding hydrogens is 1050 g/mol. The molecule has 2 amide bonds. The molecule has 78 heavy (non-hydrogen) atoms. The smallest absolute Gasteiger partial charge is 0.373 e. The second-order valence-electron chi connectivity index (χ2n) is 22.0. The van der Waals surface area contributed by atoms with Crippen molar-refractivity contribution < 1.29 is 76.5 Å². The summed E-state index contributed by atoms with van der Waals surface area (Å²) in [6, 6.07) is 21.7. The molecule has 4 fully saturated rings. The number of ether oxygens (including phenoxy) is 2. The molecule has 4 aliphatic rings. The third-order valence-electron chi connectivity index (χ3n) is 14.7. The van der Waals surface area contributed by atoms with Crippen LogP contribution in [0.25, 0.3) is 0 Å². The Bertz CT molecular complexity index is 2500. The highest BCUT2D eigenvalue weighted by Crippen LogP contribution is 2.47. The van der Waals surface area contributed by atoms with E-state index in [4.69, 9.17) is 9.47 Å². The molecule has 4 aromatic carbocycles. The third-order valence-corrected chi connectivity index (χ3v) is 14.7. The van der Waals surface area contributed by atoms with Crippen molar-refractivity contribution in [2.24, 2.45) is 0 Å². The van der Waals surface area contributed by atoms with Crippen molar-refractivity contribution >= 4 is 17.6 Å². The topological polar surface area (TPSA) is 130 Å². The maximum absolute atomic E-state index is 13.3. The van der Waals surface area contributed by atoms with Crippen LogP contribution in [0.4, 0.5) is 52.7 Å². The molecule has 3 aliphatic heterocycles. The first-order valence-electron chi connectivity index (χ1n) is 25.2. The summed E-state index contributed by atoms with van der Waals surface area (Å²) in [6.45, 7) is 13.7. The van der Waals surface area contributed by atoms with Crippen molar-refractivity contribution in [1.82, 2.24) is 26.6 Å². The van der Waals surface area contributed by atoms with Crippen molar-refractivity contribution in [3.05, 3.63) is 142 Å². The fraction of sp³-hybridized carbons (Fsp3) is 0.518. The van der Waals surface area contributed by atoms with Crippen LogP contribution in [0.5, 0.6) is 0 Å². The van der Waals surface area contributed by atoms with E-state index in [0.29, 0.717) is 62.8 Å². The SMILES string of the molecule is CC(C)=O.C[C@@H](OCC1(c2ccccc2)CCC2(CC1)NC(C)(C)NC2=O)c1cc(C(F)(F)F)cc(C(F)(F)F)c1.C[C@@H](OC[C@@]1(c2ccccc2)CC[C@@]2(CN1)NC(C)(C)NC2=O)c1cc(C(F)(F)F)cc(C(F)(F)F)c1. The first kappa shape index (κ1) is 61.7. The zero-order valence-electron chi connectivity index (χ0n) is 44.3. The van der Waals surface area contributed by atoms with E-state index in [9.17, 15) is 67.1 Å². The van der Waals surface area contributed by atoms with E-state index in [2.05, 4.69) is 26.6 Å². The van der Waals surface area contributed by atoms with Gasteiger partial charge in [-0.1, -0.05) is 60.7 Å². The molecule has 0 radical (unpaired) electrons. The van der Waals surface area contributed by atoms with Crippen LogP contribution in [0.15, 0.2) is 97.1 Å². The molecule has 22 heteroatoms. The van der Waals surface area contributed by atoms with Crippen molar-refractivity contribution in [1.29, 1.82) is 0 Å². The number of alkyl halides is 12. The number of piperidine rings is 1. The summed E-state index contributed by atoms with van der Waals surface area (Å²) in [5, 5.41) is 16.0. The van der Waals surface area contributed by atoms with E-state index >= 15 is 0 Å². The fourth-order valence-corrected chi connectivity index (χ4v) is 10.6. The van der Waals surface area contributed by atoms with E-state index in [0.717, 1.165) is 11.1 Å². The van der Waals surface area contributed by atoms with E-state index in [-0.39, 0.29) is 60.6 Å². The van der Waals surface area contributed by atoms with Gasteiger partial charge in [-0.15, -0.1) is 0 Å². The number of Topliss-reactive ketones (excluding diaryl/α,β-unsaturated/α-hetero) is 1. The zero-order valence-corrected chi connectivity index (χ0v) is 44.3. The lowest BCUT2D eigenvalue weighted by molar-refractivity contribution is -0.145.